The molecule has 0 bridgehead atoms. The van der Waals surface area contributed by atoms with Gasteiger partial charge in [0.15, 0.2) is 0 Å². The topological polar surface area (TPSA) is 6.48 Å². The van der Waals surface area contributed by atoms with E-state index in [1.807, 2.05) is 26.0 Å². The molecule has 156 valence electrons. The molecule has 0 saturated carbocycles. The highest BCUT2D eigenvalue weighted by atomic mass is 35.5. The van der Waals surface area contributed by atoms with Crippen LogP contribution in [0.2, 0.25) is 5.02 Å². The Hall–Kier alpha value is -0.900. The summed E-state index contributed by atoms with van der Waals surface area (Å²) in [6.45, 7) is 14.1. The fourth-order valence-electron chi connectivity index (χ4n) is 4.07. The average Bonchev–Trinajstić information content (AvgIpc) is 2.72. The van der Waals surface area contributed by atoms with Crippen molar-refractivity contribution in [3.8, 4) is 0 Å². The quantitative estimate of drug-likeness (QED) is 0.513. The molecule has 1 heterocycles. The SMILES string of the molecule is CC.CC(C)=C(CCN1CCN(c2ccc(Cl)cc2)CC1)C1=C(S)CCCC1. The second-order valence-corrected chi connectivity index (χ2v) is 8.64. The van der Waals surface area contributed by atoms with E-state index in [4.69, 9.17) is 24.2 Å². The summed E-state index contributed by atoms with van der Waals surface area (Å²) < 4.78 is 0. The van der Waals surface area contributed by atoms with Crippen molar-refractivity contribution < 1.29 is 0 Å². The van der Waals surface area contributed by atoms with E-state index in [2.05, 4.69) is 35.8 Å². The number of hydrogen-bond acceptors (Lipinski definition) is 3. The van der Waals surface area contributed by atoms with Crippen LogP contribution < -0.4 is 4.90 Å². The average molecular weight is 421 g/mol. The van der Waals surface area contributed by atoms with Crippen molar-refractivity contribution in [2.24, 2.45) is 0 Å². The van der Waals surface area contributed by atoms with Crippen LogP contribution >= 0.6 is 24.2 Å². The van der Waals surface area contributed by atoms with Crippen LogP contribution in [0.3, 0.4) is 0 Å². The van der Waals surface area contributed by atoms with Crippen LogP contribution in [-0.4, -0.2) is 37.6 Å². The molecule has 2 nitrogen and oxygen atoms in total. The summed E-state index contributed by atoms with van der Waals surface area (Å²) in [5.74, 6) is 0. The molecule has 1 aromatic rings. The van der Waals surface area contributed by atoms with Gasteiger partial charge in [-0.2, -0.15) is 0 Å². The zero-order valence-corrected chi connectivity index (χ0v) is 19.8. The number of benzene rings is 1. The van der Waals surface area contributed by atoms with Crippen LogP contribution in [0.4, 0.5) is 5.69 Å². The summed E-state index contributed by atoms with van der Waals surface area (Å²) in [7, 11) is 0. The van der Waals surface area contributed by atoms with Crippen LogP contribution in [0.1, 0.15) is 59.8 Å². The lowest BCUT2D eigenvalue weighted by molar-refractivity contribution is 0.261. The summed E-state index contributed by atoms with van der Waals surface area (Å²) in [4.78, 5) is 6.40. The molecule has 2 aliphatic rings. The molecule has 4 heteroatoms. The second kappa shape index (κ2) is 11.9. The first-order valence-electron chi connectivity index (χ1n) is 10.8. The van der Waals surface area contributed by atoms with Gasteiger partial charge in [-0.25, -0.2) is 0 Å². The van der Waals surface area contributed by atoms with Gasteiger partial charge in [0, 0.05) is 43.4 Å². The summed E-state index contributed by atoms with van der Waals surface area (Å²) in [6.07, 6.45) is 6.14. The van der Waals surface area contributed by atoms with Gasteiger partial charge < -0.3 is 4.90 Å². The lowest BCUT2D eigenvalue weighted by Gasteiger charge is -2.36. The molecule has 1 aliphatic carbocycles. The van der Waals surface area contributed by atoms with Gasteiger partial charge in [0.25, 0.3) is 0 Å². The van der Waals surface area contributed by atoms with Crippen molar-refractivity contribution in [3.63, 3.8) is 0 Å². The third-order valence-corrected chi connectivity index (χ3v) is 6.39. The number of thiol groups is 1. The van der Waals surface area contributed by atoms with Gasteiger partial charge in [-0.15, -0.1) is 12.6 Å². The first kappa shape index (κ1) is 23.4. The number of hydrogen-bond donors (Lipinski definition) is 1. The number of rotatable bonds is 5. The third kappa shape index (κ3) is 6.57. The fourth-order valence-corrected chi connectivity index (χ4v) is 4.60. The second-order valence-electron chi connectivity index (χ2n) is 7.67. The van der Waals surface area contributed by atoms with Crippen molar-refractivity contribution in [1.29, 1.82) is 0 Å². The number of halogens is 1. The monoisotopic (exact) mass is 420 g/mol. The summed E-state index contributed by atoms with van der Waals surface area (Å²) >= 11 is 10.8. The Morgan fingerprint density at radius 2 is 1.57 bits per heavy atom. The zero-order chi connectivity index (χ0) is 20.5. The normalized spacial score (nSPS) is 17.9. The van der Waals surface area contributed by atoms with Gasteiger partial charge in [-0.05, 0) is 86.3 Å². The van der Waals surface area contributed by atoms with Gasteiger partial charge in [0.2, 0.25) is 0 Å². The first-order chi connectivity index (χ1) is 13.5. The molecule has 0 amide bonds. The molecule has 3 rings (SSSR count). The largest absolute Gasteiger partial charge is 0.369 e. The predicted molar refractivity (Wildman–Crippen MR) is 129 cm³/mol. The lowest BCUT2D eigenvalue weighted by Crippen LogP contribution is -2.46. The van der Waals surface area contributed by atoms with Crippen LogP contribution in [0.5, 0.6) is 0 Å². The summed E-state index contributed by atoms with van der Waals surface area (Å²) in [5, 5.41) is 0.808. The van der Waals surface area contributed by atoms with Crippen molar-refractivity contribution in [2.45, 2.75) is 59.8 Å². The molecule has 0 N–H and O–H groups in total. The molecule has 28 heavy (non-hydrogen) atoms. The summed E-state index contributed by atoms with van der Waals surface area (Å²) in [5.41, 5.74) is 5.86. The van der Waals surface area contributed by atoms with Gasteiger partial charge in [-0.3, -0.25) is 4.90 Å². The minimum absolute atomic E-state index is 0.808. The van der Waals surface area contributed by atoms with Crippen molar-refractivity contribution >= 4 is 29.9 Å². The van der Waals surface area contributed by atoms with E-state index in [1.54, 1.807) is 11.1 Å². The number of allylic oxidation sites excluding steroid dienone is 3. The highest BCUT2D eigenvalue weighted by Gasteiger charge is 2.19. The molecule has 1 aromatic carbocycles. The van der Waals surface area contributed by atoms with Gasteiger partial charge in [-0.1, -0.05) is 31.0 Å². The van der Waals surface area contributed by atoms with E-state index in [9.17, 15) is 0 Å². The highest BCUT2D eigenvalue weighted by Crippen LogP contribution is 2.34. The molecule has 0 radical (unpaired) electrons. The molecule has 1 fully saturated rings. The summed E-state index contributed by atoms with van der Waals surface area (Å²) in [6, 6.07) is 8.22. The van der Waals surface area contributed by atoms with E-state index in [1.165, 1.54) is 35.4 Å². The number of nitrogens with zero attached hydrogens (tertiary/aromatic N) is 2. The van der Waals surface area contributed by atoms with Crippen molar-refractivity contribution in [2.75, 3.05) is 37.6 Å². The molecule has 0 spiro atoms. The lowest BCUT2D eigenvalue weighted by atomic mass is 9.89. The van der Waals surface area contributed by atoms with Gasteiger partial charge in [0.05, 0.1) is 0 Å². The number of piperazine rings is 1. The van der Waals surface area contributed by atoms with E-state index < -0.39 is 0 Å². The van der Waals surface area contributed by atoms with Crippen molar-refractivity contribution in [3.05, 3.63) is 50.9 Å². The Bertz CT molecular complexity index is 666. The molecule has 0 atom stereocenters. The minimum Gasteiger partial charge on any atom is -0.369 e. The maximum atomic E-state index is 6.00. The maximum absolute atomic E-state index is 6.00. The molecular weight excluding hydrogens is 384 g/mol. The predicted octanol–water partition coefficient (Wildman–Crippen LogP) is 6.97. The van der Waals surface area contributed by atoms with Crippen LogP contribution in [0.25, 0.3) is 0 Å². The smallest absolute Gasteiger partial charge is 0.0407 e. The molecule has 1 saturated heterocycles. The van der Waals surface area contributed by atoms with Crippen LogP contribution in [-0.2, 0) is 0 Å². The number of anilines is 1. The molecule has 1 aliphatic heterocycles. The Morgan fingerprint density at radius 1 is 0.964 bits per heavy atom. The molecule has 0 aromatic heterocycles. The van der Waals surface area contributed by atoms with Gasteiger partial charge in [0.1, 0.15) is 0 Å². The minimum atomic E-state index is 0.808. The van der Waals surface area contributed by atoms with E-state index in [-0.39, 0.29) is 0 Å². The van der Waals surface area contributed by atoms with E-state index >= 15 is 0 Å². The zero-order valence-electron chi connectivity index (χ0n) is 18.1. The van der Waals surface area contributed by atoms with Crippen LogP contribution in [0, 0.1) is 0 Å². The highest BCUT2D eigenvalue weighted by molar-refractivity contribution is 7.84. The fraction of sp³-hybridized carbons (Fsp3) is 0.583. The molecular formula is C24H37ClN2S. The molecule has 0 unspecified atom stereocenters. The van der Waals surface area contributed by atoms with Crippen molar-refractivity contribution in [1.82, 2.24) is 4.90 Å². The Balaban J connectivity index is 0.00000136. The Kier molecular flexibility index (Phi) is 9.98. The van der Waals surface area contributed by atoms with Crippen LogP contribution in [0.15, 0.2) is 45.9 Å². The van der Waals surface area contributed by atoms with Gasteiger partial charge >= 0.3 is 0 Å². The standard InChI is InChI=1S/C22H31ClN2S.C2H6/c1-17(2)20(21-5-3-4-6-22(21)26)11-12-24-13-15-25(16-14-24)19-9-7-18(23)8-10-19;1-2/h7-10,26H,3-6,11-16H2,1-2H3;1-2H3. The maximum Gasteiger partial charge on any atom is 0.0407 e. The third-order valence-electron chi connectivity index (χ3n) is 5.65. The van der Waals surface area contributed by atoms with E-state index in [0.717, 1.165) is 50.6 Å². The van der Waals surface area contributed by atoms with E-state index in [0.29, 0.717) is 0 Å². The Labute approximate surface area is 183 Å². The Morgan fingerprint density at radius 3 is 2.14 bits per heavy atom. The first-order valence-corrected chi connectivity index (χ1v) is 11.7.